The van der Waals surface area contributed by atoms with E-state index in [-0.39, 0.29) is 0 Å². The highest BCUT2D eigenvalue weighted by Gasteiger charge is 2.14. The van der Waals surface area contributed by atoms with E-state index in [1.165, 1.54) is 27.8 Å². The average Bonchev–Trinajstić information content (AvgIpc) is 2.75. The van der Waals surface area contributed by atoms with Crippen LogP contribution in [0.2, 0.25) is 0 Å². The van der Waals surface area contributed by atoms with Crippen LogP contribution in [-0.4, -0.2) is 30.1 Å². The summed E-state index contributed by atoms with van der Waals surface area (Å²) in [5.74, 6) is 0.905. The zero-order valence-corrected chi connectivity index (χ0v) is 15.6. The van der Waals surface area contributed by atoms with E-state index in [1.54, 1.807) is 7.11 Å². The van der Waals surface area contributed by atoms with Crippen molar-refractivity contribution >= 4 is 5.57 Å². The van der Waals surface area contributed by atoms with E-state index in [2.05, 4.69) is 58.4 Å². The first kappa shape index (κ1) is 17.5. The van der Waals surface area contributed by atoms with Gasteiger partial charge in [0.2, 0.25) is 0 Å². The summed E-state index contributed by atoms with van der Waals surface area (Å²) in [6.45, 7) is 2.96. The first-order valence-electron chi connectivity index (χ1n) is 9.37. The Kier molecular flexibility index (Phi) is 5.31. The molecule has 3 heteroatoms. The number of hydrogen-bond acceptors (Lipinski definition) is 3. The Hall–Kier alpha value is -2.91. The Labute approximate surface area is 160 Å². The zero-order valence-electron chi connectivity index (χ0n) is 15.6. The molecule has 2 aromatic carbocycles. The third kappa shape index (κ3) is 4.26. The van der Waals surface area contributed by atoms with E-state index >= 15 is 0 Å². The third-order valence-corrected chi connectivity index (χ3v) is 5.06. The Bertz CT molecular complexity index is 917. The van der Waals surface area contributed by atoms with Crippen LogP contribution < -0.4 is 4.74 Å². The van der Waals surface area contributed by atoms with Crippen LogP contribution in [0.25, 0.3) is 16.7 Å². The molecule has 0 spiro atoms. The molecule has 4 rings (SSSR count). The maximum absolute atomic E-state index is 5.25. The number of nitrogens with zero attached hydrogens (tertiary/aromatic N) is 2. The lowest BCUT2D eigenvalue weighted by Gasteiger charge is -2.26. The number of methoxy groups -OCH3 is 1. The molecule has 0 aliphatic carbocycles. The number of pyridine rings is 1. The van der Waals surface area contributed by atoms with Gasteiger partial charge >= 0.3 is 0 Å². The molecule has 0 bridgehead atoms. The summed E-state index contributed by atoms with van der Waals surface area (Å²) < 4.78 is 5.25. The van der Waals surface area contributed by atoms with Crippen LogP contribution in [0, 0.1) is 0 Å². The summed E-state index contributed by atoms with van der Waals surface area (Å²) >= 11 is 0. The Balaban J connectivity index is 1.42. The number of hydrogen-bond donors (Lipinski definition) is 0. The van der Waals surface area contributed by atoms with Gasteiger partial charge in [-0.2, -0.15) is 0 Å². The molecule has 136 valence electrons. The molecule has 0 fully saturated rings. The molecule has 27 heavy (non-hydrogen) atoms. The lowest BCUT2D eigenvalue weighted by Crippen LogP contribution is -2.28. The van der Waals surface area contributed by atoms with Gasteiger partial charge in [0.05, 0.1) is 7.11 Å². The second-order valence-electron chi connectivity index (χ2n) is 6.89. The normalized spacial score (nSPS) is 14.6. The van der Waals surface area contributed by atoms with Gasteiger partial charge in [0, 0.05) is 37.6 Å². The van der Waals surface area contributed by atoms with Crippen LogP contribution in [0.5, 0.6) is 5.75 Å². The van der Waals surface area contributed by atoms with E-state index in [9.17, 15) is 0 Å². The van der Waals surface area contributed by atoms with Gasteiger partial charge in [-0.3, -0.25) is 9.88 Å². The highest BCUT2D eigenvalue weighted by Crippen LogP contribution is 2.25. The second-order valence-corrected chi connectivity index (χ2v) is 6.89. The van der Waals surface area contributed by atoms with Gasteiger partial charge in [0.1, 0.15) is 5.75 Å². The standard InChI is InChI=1S/C24H24N2O/c1-27-24-9-7-21(8-10-24)22-11-13-26(14-12-22)18-19-15-23(17-25-16-19)20-5-3-2-4-6-20/h2-11,15-17H,12-14,18H2,1H3. The summed E-state index contributed by atoms with van der Waals surface area (Å²) in [7, 11) is 1.70. The van der Waals surface area contributed by atoms with E-state index in [4.69, 9.17) is 4.74 Å². The molecular formula is C24H24N2O. The third-order valence-electron chi connectivity index (χ3n) is 5.06. The predicted octanol–water partition coefficient (Wildman–Crippen LogP) is 5.05. The molecule has 0 amide bonds. The fourth-order valence-electron chi connectivity index (χ4n) is 3.54. The summed E-state index contributed by atoms with van der Waals surface area (Å²) in [4.78, 5) is 6.92. The molecule has 0 unspecified atom stereocenters. The van der Waals surface area contributed by atoms with Gasteiger partial charge in [0.15, 0.2) is 0 Å². The molecule has 1 aliphatic rings. The Morgan fingerprint density at radius 2 is 1.74 bits per heavy atom. The van der Waals surface area contributed by atoms with Crippen LogP contribution in [0.15, 0.2) is 79.1 Å². The smallest absolute Gasteiger partial charge is 0.118 e. The van der Waals surface area contributed by atoms with Crippen LogP contribution in [0.3, 0.4) is 0 Å². The summed E-state index contributed by atoms with van der Waals surface area (Å²) in [5, 5.41) is 0. The predicted molar refractivity (Wildman–Crippen MR) is 111 cm³/mol. The molecule has 0 saturated carbocycles. The summed E-state index contributed by atoms with van der Waals surface area (Å²) in [6.07, 6.45) is 7.34. The molecule has 0 radical (unpaired) electrons. The van der Waals surface area contributed by atoms with Crippen LogP contribution in [0.1, 0.15) is 17.5 Å². The van der Waals surface area contributed by atoms with Crippen molar-refractivity contribution in [3.05, 3.63) is 90.3 Å². The maximum atomic E-state index is 5.25. The van der Waals surface area contributed by atoms with Crippen molar-refractivity contribution in [2.24, 2.45) is 0 Å². The van der Waals surface area contributed by atoms with Crippen LogP contribution >= 0.6 is 0 Å². The summed E-state index contributed by atoms with van der Waals surface area (Å²) in [5.41, 5.74) is 6.37. The molecule has 1 aliphatic heterocycles. The fourth-order valence-corrected chi connectivity index (χ4v) is 3.54. The molecule has 1 aromatic heterocycles. The minimum absolute atomic E-state index is 0.905. The first-order chi connectivity index (χ1) is 13.3. The van der Waals surface area contributed by atoms with Gasteiger partial charge in [-0.05, 0) is 46.9 Å². The van der Waals surface area contributed by atoms with Crippen LogP contribution in [0.4, 0.5) is 0 Å². The fraction of sp³-hybridized carbons (Fsp3) is 0.208. The molecule has 0 atom stereocenters. The van der Waals surface area contributed by atoms with Gasteiger partial charge in [-0.1, -0.05) is 48.5 Å². The Morgan fingerprint density at radius 3 is 2.44 bits per heavy atom. The SMILES string of the molecule is COc1ccc(C2=CCN(Cc3cncc(-c4ccccc4)c3)CC2)cc1. The van der Waals surface area contributed by atoms with Crippen molar-refractivity contribution in [3.8, 4) is 16.9 Å². The number of ether oxygens (including phenoxy) is 1. The molecule has 3 aromatic rings. The van der Waals surface area contributed by atoms with E-state index in [1.807, 2.05) is 30.6 Å². The topological polar surface area (TPSA) is 25.4 Å². The van der Waals surface area contributed by atoms with Gasteiger partial charge in [-0.25, -0.2) is 0 Å². The molecular weight excluding hydrogens is 332 g/mol. The minimum atomic E-state index is 0.905. The molecule has 0 saturated heterocycles. The average molecular weight is 356 g/mol. The Morgan fingerprint density at radius 1 is 0.926 bits per heavy atom. The van der Waals surface area contributed by atoms with Gasteiger partial charge < -0.3 is 4.74 Å². The van der Waals surface area contributed by atoms with E-state index in [0.29, 0.717) is 0 Å². The van der Waals surface area contributed by atoms with Crippen molar-refractivity contribution in [1.82, 2.24) is 9.88 Å². The monoisotopic (exact) mass is 356 g/mol. The van der Waals surface area contributed by atoms with E-state index < -0.39 is 0 Å². The largest absolute Gasteiger partial charge is 0.497 e. The number of aromatic nitrogens is 1. The zero-order chi connectivity index (χ0) is 18.5. The second kappa shape index (κ2) is 8.19. The quantitative estimate of drug-likeness (QED) is 0.640. The molecule has 2 heterocycles. The number of benzene rings is 2. The highest BCUT2D eigenvalue weighted by atomic mass is 16.5. The van der Waals surface area contributed by atoms with Crippen LogP contribution in [-0.2, 0) is 6.54 Å². The summed E-state index contributed by atoms with van der Waals surface area (Å²) in [6, 6.07) is 21.0. The van der Waals surface area contributed by atoms with Gasteiger partial charge in [0.25, 0.3) is 0 Å². The first-order valence-corrected chi connectivity index (χ1v) is 9.37. The van der Waals surface area contributed by atoms with Crippen molar-refractivity contribution < 1.29 is 4.74 Å². The molecule has 0 N–H and O–H groups in total. The number of rotatable bonds is 5. The maximum Gasteiger partial charge on any atom is 0.118 e. The van der Waals surface area contributed by atoms with Gasteiger partial charge in [-0.15, -0.1) is 0 Å². The lowest BCUT2D eigenvalue weighted by molar-refractivity contribution is 0.293. The van der Waals surface area contributed by atoms with Crippen molar-refractivity contribution in [1.29, 1.82) is 0 Å². The molecule has 3 nitrogen and oxygen atoms in total. The van der Waals surface area contributed by atoms with Crippen molar-refractivity contribution in [3.63, 3.8) is 0 Å². The van der Waals surface area contributed by atoms with Crippen molar-refractivity contribution in [2.45, 2.75) is 13.0 Å². The van der Waals surface area contributed by atoms with E-state index in [0.717, 1.165) is 31.8 Å². The van der Waals surface area contributed by atoms with Crippen molar-refractivity contribution in [2.75, 3.05) is 20.2 Å². The highest BCUT2D eigenvalue weighted by molar-refractivity contribution is 5.67. The minimum Gasteiger partial charge on any atom is -0.497 e. The lowest BCUT2D eigenvalue weighted by atomic mass is 9.99.